The number of nitrogens with one attached hydrogen (secondary N) is 1. The molecular formula is C9H19NOS. The summed E-state index contributed by atoms with van der Waals surface area (Å²) in [6, 6.07) is 0. The molecule has 0 bridgehead atoms. The van der Waals surface area contributed by atoms with Gasteiger partial charge < -0.3 is 10.4 Å². The van der Waals surface area contributed by atoms with Crippen LogP contribution < -0.4 is 5.32 Å². The minimum absolute atomic E-state index is 0.254. The van der Waals surface area contributed by atoms with Crippen LogP contribution in [0.1, 0.15) is 25.7 Å². The van der Waals surface area contributed by atoms with Gasteiger partial charge >= 0.3 is 0 Å². The summed E-state index contributed by atoms with van der Waals surface area (Å²) >= 11 is 1.99. The maximum absolute atomic E-state index is 8.63. The van der Waals surface area contributed by atoms with Crippen LogP contribution in [-0.4, -0.2) is 35.8 Å². The first-order valence-corrected chi connectivity index (χ1v) is 5.92. The van der Waals surface area contributed by atoms with Crippen LogP contribution in [0.25, 0.3) is 0 Å². The number of hydrogen-bond donors (Lipinski definition) is 2. The molecule has 0 aromatic heterocycles. The molecule has 1 saturated carbocycles. The second kappa shape index (κ2) is 5.10. The molecule has 0 saturated heterocycles. The second-order valence-corrected chi connectivity index (χ2v) is 4.77. The molecule has 0 aromatic rings. The van der Waals surface area contributed by atoms with E-state index in [0.29, 0.717) is 4.75 Å². The zero-order valence-electron chi connectivity index (χ0n) is 7.81. The molecule has 1 aliphatic carbocycles. The van der Waals surface area contributed by atoms with Gasteiger partial charge in [-0.2, -0.15) is 11.8 Å². The molecule has 0 spiro atoms. The third-order valence-electron chi connectivity index (χ3n) is 2.68. The van der Waals surface area contributed by atoms with Gasteiger partial charge in [-0.15, -0.1) is 0 Å². The third kappa shape index (κ3) is 2.64. The highest BCUT2D eigenvalue weighted by Crippen LogP contribution is 2.39. The van der Waals surface area contributed by atoms with Gasteiger partial charge in [0, 0.05) is 17.8 Å². The van der Waals surface area contributed by atoms with E-state index < -0.39 is 0 Å². The molecule has 0 aromatic carbocycles. The standard InChI is InChI=1S/C9H19NOS/c1-12-9(4-2-3-5-9)8-10-6-7-11/h10-11H,2-8H2,1H3. The highest BCUT2D eigenvalue weighted by molar-refractivity contribution is 8.00. The topological polar surface area (TPSA) is 32.3 Å². The first-order valence-electron chi connectivity index (χ1n) is 4.70. The van der Waals surface area contributed by atoms with E-state index >= 15 is 0 Å². The predicted molar refractivity (Wildman–Crippen MR) is 54.7 cm³/mol. The molecule has 2 nitrogen and oxygen atoms in total. The van der Waals surface area contributed by atoms with Crippen molar-refractivity contribution in [3.8, 4) is 0 Å². The van der Waals surface area contributed by atoms with Gasteiger partial charge in [0.05, 0.1) is 6.61 Å². The Balaban J connectivity index is 2.24. The zero-order valence-corrected chi connectivity index (χ0v) is 8.62. The van der Waals surface area contributed by atoms with E-state index in [0.717, 1.165) is 13.1 Å². The smallest absolute Gasteiger partial charge is 0.0555 e. The summed E-state index contributed by atoms with van der Waals surface area (Å²) in [6.45, 7) is 2.06. The maximum Gasteiger partial charge on any atom is 0.0555 e. The van der Waals surface area contributed by atoms with E-state index in [2.05, 4.69) is 11.6 Å². The molecule has 0 atom stereocenters. The van der Waals surface area contributed by atoms with Crippen molar-refractivity contribution in [3.63, 3.8) is 0 Å². The van der Waals surface area contributed by atoms with Crippen molar-refractivity contribution in [3.05, 3.63) is 0 Å². The fourth-order valence-electron chi connectivity index (χ4n) is 1.87. The van der Waals surface area contributed by atoms with Crippen molar-refractivity contribution in [2.45, 2.75) is 30.4 Å². The van der Waals surface area contributed by atoms with Crippen LogP contribution in [0.2, 0.25) is 0 Å². The number of aliphatic hydroxyl groups excluding tert-OH is 1. The lowest BCUT2D eigenvalue weighted by Gasteiger charge is -2.26. The summed E-state index contributed by atoms with van der Waals surface area (Å²) in [5.74, 6) is 0. The van der Waals surface area contributed by atoms with E-state index in [1.54, 1.807) is 0 Å². The fraction of sp³-hybridized carbons (Fsp3) is 1.00. The Morgan fingerprint density at radius 1 is 1.42 bits per heavy atom. The number of rotatable bonds is 5. The summed E-state index contributed by atoms with van der Waals surface area (Å²) < 4.78 is 0.481. The molecule has 2 N–H and O–H groups in total. The van der Waals surface area contributed by atoms with Gasteiger partial charge in [-0.1, -0.05) is 12.8 Å². The Hall–Kier alpha value is 0.270. The minimum atomic E-state index is 0.254. The van der Waals surface area contributed by atoms with E-state index in [1.165, 1.54) is 25.7 Å². The van der Waals surface area contributed by atoms with E-state index in [4.69, 9.17) is 5.11 Å². The average Bonchev–Trinajstić information content (AvgIpc) is 2.55. The first kappa shape index (κ1) is 10.4. The average molecular weight is 189 g/mol. The Morgan fingerprint density at radius 3 is 2.58 bits per heavy atom. The lowest BCUT2D eigenvalue weighted by atomic mass is 10.1. The maximum atomic E-state index is 8.63. The van der Waals surface area contributed by atoms with Crippen molar-refractivity contribution in [1.82, 2.24) is 5.32 Å². The molecule has 1 fully saturated rings. The fourth-order valence-corrected chi connectivity index (χ4v) is 2.81. The molecule has 0 unspecified atom stereocenters. The molecule has 12 heavy (non-hydrogen) atoms. The van der Waals surface area contributed by atoms with Crippen LogP contribution in [0.15, 0.2) is 0 Å². The second-order valence-electron chi connectivity index (χ2n) is 3.49. The van der Waals surface area contributed by atoms with Crippen molar-refractivity contribution in [2.75, 3.05) is 26.0 Å². The van der Waals surface area contributed by atoms with Crippen LogP contribution in [0.4, 0.5) is 0 Å². The molecule has 0 aliphatic heterocycles. The van der Waals surface area contributed by atoms with E-state index in [-0.39, 0.29) is 6.61 Å². The van der Waals surface area contributed by atoms with Crippen LogP contribution in [0.5, 0.6) is 0 Å². The number of aliphatic hydroxyl groups is 1. The molecule has 0 radical (unpaired) electrons. The van der Waals surface area contributed by atoms with Gasteiger partial charge in [0.1, 0.15) is 0 Å². The number of thioether (sulfide) groups is 1. The van der Waals surface area contributed by atoms with Crippen molar-refractivity contribution in [2.24, 2.45) is 0 Å². The molecule has 72 valence electrons. The van der Waals surface area contributed by atoms with Gasteiger partial charge in [-0.25, -0.2) is 0 Å². The Labute approximate surface area is 79.1 Å². The lowest BCUT2D eigenvalue weighted by molar-refractivity contribution is 0.290. The van der Waals surface area contributed by atoms with Gasteiger partial charge in [0.25, 0.3) is 0 Å². The molecule has 1 aliphatic rings. The molecule has 0 heterocycles. The summed E-state index contributed by atoms with van der Waals surface area (Å²) in [6.07, 6.45) is 7.63. The highest BCUT2D eigenvalue weighted by atomic mass is 32.2. The van der Waals surface area contributed by atoms with Crippen LogP contribution in [0.3, 0.4) is 0 Å². The largest absolute Gasteiger partial charge is 0.395 e. The predicted octanol–water partition coefficient (Wildman–Crippen LogP) is 1.24. The van der Waals surface area contributed by atoms with E-state index in [9.17, 15) is 0 Å². The Kier molecular flexibility index (Phi) is 4.40. The first-order chi connectivity index (χ1) is 5.83. The van der Waals surface area contributed by atoms with Crippen LogP contribution in [-0.2, 0) is 0 Å². The van der Waals surface area contributed by atoms with Gasteiger partial charge in [0.2, 0.25) is 0 Å². The normalized spacial score (nSPS) is 21.5. The monoisotopic (exact) mass is 189 g/mol. The quantitative estimate of drug-likeness (QED) is 0.638. The summed E-state index contributed by atoms with van der Waals surface area (Å²) in [5, 5.41) is 11.9. The molecule has 1 rings (SSSR count). The summed E-state index contributed by atoms with van der Waals surface area (Å²) in [7, 11) is 0. The molecule has 3 heteroatoms. The summed E-state index contributed by atoms with van der Waals surface area (Å²) in [4.78, 5) is 0. The lowest BCUT2D eigenvalue weighted by Crippen LogP contribution is -2.36. The van der Waals surface area contributed by atoms with Crippen LogP contribution in [0, 0.1) is 0 Å². The summed E-state index contributed by atoms with van der Waals surface area (Å²) in [5.41, 5.74) is 0. The Morgan fingerprint density at radius 2 is 2.08 bits per heavy atom. The third-order valence-corrected chi connectivity index (χ3v) is 4.10. The van der Waals surface area contributed by atoms with Crippen LogP contribution >= 0.6 is 11.8 Å². The van der Waals surface area contributed by atoms with Gasteiger partial charge in [-0.05, 0) is 19.1 Å². The molecular weight excluding hydrogens is 170 g/mol. The number of hydrogen-bond acceptors (Lipinski definition) is 3. The minimum Gasteiger partial charge on any atom is -0.395 e. The zero-order chi connectivity index (χ0) is 8.86. The van der Waals surface area contributed by atoms with E-state index in [1.807, 2.05) is 11.8 Å². The van der Waals surface area contributed by atoms with Crippen molar-refractivity contribution < 1.29 is 5.11 Å². The molecule has 0 amide bonds. The SMILES string of the molecule is CSC1(CNCCO)CCCC1. The highest BCUT2D eigenvalue weighted by Gasteiger charge is 2.32. The van der Waals surface area contributed by atoms with Gasteiger partial charge in [0.15, 0.2) is 0 Å². The Bertz CT molecular complexity index is 124. The van der Waals surface area contributed by atoms with Gasteiger partial charge in [-0.3, -0.25) is 0 Å². The van der Waals surface area contributed by atoms with Crippen molar-refractivity contribution in [1.29, 1.82) is 0 Å². The van der Waals surface area contributed by atoms with Crippen molar-refractivity contribution >= 4 is 11.8 Å².